The van der Waals surface area contributed by atoms with E-state index in [0.29, 0.717) is 63.2 Å². The van der Waals surface area contributed by atoms with E-state index >= 15 is 0 Å². The number of amidine groups is 1. The van der Waals surface area contributed by atoms with Crippen molar-refractivity contribution in [2.75, 3.05) is 33.4 Å². The Morgan fingerprint density at radius 1 is 1.16 bits per heavy atom. The maximum Gasteiger partial charge on any atom is 0.266 e. The fourth-order valence-electron chi connectivity index (χ4n) is 3.19. The molecule has 0 saturated carbocycles. The van der Waals surface area contributed by atoms with Crippen LogP contribution in [0.25, 0.3) is 6.08 Å². The van der Waals surface area contributed by atoms with Gasteiger partial charge in [0, 0.05) is 25.7 Å². The van der Waals surface area contributed by atoms with E-state index < -0.39 is 0 Å². The number of likely N-dealkylation sites (N-methyl/N-ethyl adjacent to an activating group) is 1. The summed E-state index contributed by atoms with van der Waals surface area (Å²) in [6.45, 7) is 2.24. The number of hydrogen-bond donors (Lipinski definition) is 0. The van der Waals surface area contributed by atoms with Gasteiger partial charge in [-0.25, -0.2) is 4.99 Å². The Kier molecular flexibility index (Phi) is 6.67. The van der Waals surface area contributed by atoms with Gasteiger partial charge in [-0.15, -0.1) is 0 Å². The third-order valence-corrected chi connectivity index (χ3v) is 6.78. The molecular formula is C22H19Cl2N3O3S. The zero-order valence-corrected chi connectivity index (χ0v) is 19.0. The van der Waals surface area contributed by atoms with Crippen LogP contribution < -0.4 is 0 Å². The number of nitrogens with zero attached hydrogens (tertiary/aromatic N) is 3. The molecule has 31 heavy (non-hydrogen) atoms. The van der Waals surface area contributed by atoms with Gasteiger partial charge in [-0.1, -0.05) is 41.4 Å². The molecule has 2 aliphatic rings. The summed E-state index contributed by atoms with van der Waals surface area (Å²) in [7, 11) is 1.66. The van der Waals surface area contributed by atoms with Crippen molar-refractivity contribution in [1.82, 2.24) is 9.80 Å². The molecule has 0 N–H and O–H groups in total. The molecule has 6 nitrogen and oxygen atoms in total. The van der Waals surface area contributed by atoms with E-state index in [1.54, 1.807) is 60.5 Å². The monoisotopic (exact) mass is 475 g/mol. The lowest BCUT2D eigenvalue weighted by atomic mass is 10.1. The van der Waals surface area contributed by atoms with Crippen LogP contribution in [-0.2, 0) is 9.53 Å². The van der Waals surface area contributed by atoms with Crippen LogP contribution in [-0.4, -0.2) is 60.1 Å². The Balaban J connectivity index is 1.58. The zero-order chi connectivity index (χ0) is 22.0. The number of carbonyl (C=O) groups is 2. The first-order valence-electron chi connectivity index (χ1n) is 9.61. The van der Waals surface area contributed by atoms with E-state index in [1.807, 2.05) is 0 Å². The lowest BCUT2D eigenvalue weighted by Crippen LogP contribution is -2.40. The van der Waals surface area contributed by atoms with Crippen molar-refractivity contribution >= 4 is 63.7 Å². The standard InChI is InChI=1S/C22H19Cl2N3O3S/c1-26-21(29)18(13-14-4-3-7-17(23)19(14)24)31-22(26)25-16-6-2-5-15(12-16)20(28)27-8-10-30-11-9-27/h2-7,12-13H,8-11H2,1H3/b18-13+,25-22?. The maximum absolute atomic E-state index is 12.7. The van der Waals surface area contributed by atoms with Crippen LogP contribution in [0.3, 0.4) is 0 Å². The molecule has 0 radical (unpaired) electrons. The minimum absolute atomic E-state index is 0.0509. The van der Waals surface area contributed by atoms with Crippen molar-refractivity contribution < 1.29 is 14.3 Å². The molecule has 2 fully saturated rings. The highest BCUT2D eigenvalue weighted by atomic mass is 35.5. The molecule has 0 atom stereocenters. The summed E-state index contributed by atoms with van der Waals surface area (Å²) in [5.41, 5.74) is 1.82. The topological polar surface area (TPSA) is 62.2 Å². The first-order chi connectivity index (χ1) is 14.9. The summed E-state index contributed by atoms with van der Waals surface area (Å²) in [5.74, 6) is -0.231. The molecule has 0 aromatic heterocycles. The normalized spacial score (nSPS) is 19.5. The molecule has 2 amide bonds. The Labute approximate surface area is 194 Å². The predicted molar refractivity (Wildman–Crippen MR) is 125 cm³/mol. The molecular weight excluding hydrogens is 457 g/mol. The van der Waals surface area contributed by atoms with Gasteiger partial charge in [-0.2, -0.15) is 0 Å². The smallest absolute Gasteiger partial charge is 0.266 e. The molecule has 2 heterocycles. The SMILES string of the molecule is CN1C(=O)/C(=C\c2cccc(Cl)c2Cl)SC1=Nc1cccc(C(=O)N2CCOCC2)c1. The maximum atomic E-state index is 12.7. The van der Waals surface area contributed by atoms with E-state index in [0.717, 1.165) is 0 Å². The second-order valence-corrected chi connectivity index (χ2v) is 8.76. The van der Waals surface area contributed by atoms with E-state index in [2.05, 4.69) is 4.99 Å². The second kappa shape index (κ2) is 9.44. The Hall–Kier alpha value is -2.32. The van der Waals surface area contributed by atoms with E-state index in [1.165, 1.54) is 16.7 Å². The van der Waals surface area contributed by atoms with Gasteiger partial charge in [-0.3, -0.25) is 14.5 Å². The van der Waals surface area contributed by atoms with Crippen LogP contribution in [0.1, 0.15) is 15.9 Å². The number of thioether (sulfide) groups is 1. The van der Waals surface area contributed by atoms with Crippen LogP contribution >= 0.6 is 35.0 Å². The van der Waals surface area contributed by atoms with Crippen LogP contribution in [0.5, 0.6) is 0 Å². The Morgan fingerprint density at radius 2 is 1.90 bits per heavy atom. The zero-order valence-electron chi connectivity index (χ0n) is 16.7. The van der Waals surface area contributed by atoms with E-state index in [-0.39, 0.29) is 11.8 Å². The number of hydrogen-bond acceptors (Lipinski definition) is 5. The summed E-state index contributed by atoms with van der Waals surface area (Å²) in [6, 6.07) is 12.4. The molecule has 2 saturated heterocycles. The highest BCUT2D eigenvalue weighted by Crippen LogP contribution is 2.35. The van der Waals surface area contributed by atoms with Crippen molar-refractivity contribution in [1.29, 1.82) is 0 Å². The van der Waals surface area contributed by atoms with Gasteiger partial charge in [-0.05, 0) is 47.7 Å². The molecule has 0 bridgehead atoms. The summed E-state index contributed by atoms with van der Waals surface area (Å²) in [6.07, 6.45) is 1.71. The highest BCUT2D eigenvalue weighted by molar-refractivity contribution is 8.18. The lowest BCUT2D eigenvalue weighted by Gasteiger charge is -2.26. The number of morpholine rings is 1. The summed E-state index contributed by atoms with van der Waals surface area (Å²) >= 11 is 13.6. The summed E-state index contributed by atoms with van der Waals surface area (Å²) < 4.78 is 5.31. The third-order valence-electron chi connectivity index (χ3n) is 4.89. The average molecular weight is 476 g/mol. The van der Waals surface area contributed by atoms with Crippen molar-refractivity contribution in [3.8, 4) is 0 Å². The number of aliphatic imine (C=N–C) groups is 1. The minimum Gasteiger partial charge on any atom is -0.378 e. The summed E-state index contributed by atoms with van der Waals surface area (Å²) in [4.78, 5) is 33.8. The van der Waals surface area contributed by atoms with E-state index in [9.17, 15) is 9.59 Å². The van der Waals surface area contributed by atoms with Gasteiger partial charge in [0.2, 0.25) is 0 Å². The largest absolute Gasteiger partial charge is 0.378 e. The number of rotatable bonds is 3. The van der Waals surface area contributed by atoms with Crippen LogP contribution in [0.4, 0.5) is 5.69 Å². The van der Waals surface area contributed by atoms with Crippen molar-refractivity contribution in [3.63, 3.8) is 0 Å². The van der Waals surface area contributed by atoms with Crippen molar-refractivity contribution in [2.45, 2.75) is 0 Å². The van der Waals surface area contributed by atoms with Gasteiger partial charge in [0.1, 0.15) is 0 Å². The molecule has 0 unspecified atom stereocenters. The van der Waals surface area contributed by atoms with Gasteiger partial charge >= 0.3 is 0 Å². The number of amides is 2. The van der Waals surface area contributed by atoms with Gasteiger partial charge in [0.15, 0.2) is 5.17 Å². The third kappa shape index (κ3) is 4.80. The number of ether oxygens (including phenoxy) is 1. The predicted octanol–water partition coefficient (Wildman–Crippen LogP) is 4.70. The van der Waals surface area contributed by atoms with Crippen LogP contribution in [0, 0.1) is 0 Å². The number of halogens is 2. The minimum atomic E-state index is -0.180. The number of benzene rings is 2. The quantitative estimate of drug-likeness (QED) is 0.603. The fourth-order valence-corrected chi connectivity index (χ4v) is 4.53. The molecule has 0 aliphatic carbocycles. The lowest BCUT2D eigenvalue weighted by molar-refractivity contribution is -0.121. The molecule has 160 valence electrons. The first kappa shape index (κ1) is 21.9. The molecule has 2 aromatic carbocycles. The van der Waals surface area contributed by atoms with Crippen LogP contribution in [0.15, 0.2) is 52.4 Å². The summed E-state index contributed by atoms with van der Waals surface area (Å²) in [5, 5.41) is 1.34. The highest BCUT2D eigenvalue weighted by Gasteiger charge is 2.30. The molecule has 9 heteroatoms. The van der Waals surface area contributed by atoms with Gasteiger partial charge < -0.3 is 9.64 Å². The molecule has 0 spiro atoms. The molecule has 4 rings (SSSR count). The number of carbonyl (C=O) groups excluding carboxylic acids is 2. The first-order valence-corrected chi connectivity index (χ1v) is 11.2. The average Bonchev–Trinajstić information content (AvgIpc) is 3.05. The molecule has 2 aromatic rings. The van der Waals surface area contributed by atoms with Gasteiger partial charge in [0.25, 0.3) is 11.8 Å². The van der Waals surface area contributed by atoms with E-state index in [4.69, 9.17) is 27.9 Å². The Bertz CT molecular complexity index is 1100. The van der Waals surface area contributed by atoms with Crippen LogP contribution in [0.2, 0.25) is 10.0 Å². The second-order valence-electron chi connectivity index (χ2n) is 6.97. The fraction of sp³-hybridized carbons (Fsp3) is 0.227. The van der Waals surface area contributed by atoms with Crippen molar-refractivity contribution in [2.24, 2.45) is 4.99 Å². The Morgan fingerprint density at radius 3 is 2.68 bits per heavy atom. The van der Waals surface area contributed by atoms with Crippen molar-refractivity contribution in [3.05, 3.63) is 68.5 Å². The van der Waals surface area contributed by atoms with Gasteiger partial charge in [0.05, 0.1) is 33.9 Å². The molecule has 2 aliphatic heterocycles.